The van der Waals surface area contributed by atoms with Crippen LogP contribution in [0.3, 0.4) is 0 Å². The standard InChI is InChI=1S/C24H20Cl2O4/c25-21-11-18(30-13-24(28)29)12-22(26)20(21)9-14-4-7-23(27)19(8-14)17-3-1-2-16(10-17)15-5-6-15/h1-4,7-8,10-12,15,27H,5-6,9,13H2,(H,28,29). The van der Waals surface area contributed by atoms with Gasteiger partial charge in [-0.05, 0) is 65.3 Å². The van der Waals surface area contributed by atoms with Gasteiger partial charge in [0.2, 0.25) is 0 Å². The molecule has 2 N–H and O–H groups in total. The predicted octanol–water partition coefficient (Wildman–Crippen LogP) is 6.30. The predicted molar refractivity (Wildman–Crippen MR) is 118 cm³/mol. The van der Waals surface area contributed by atoms with Crippen LogP contribution in [0.15, 0.2) is 54.6 Å². The largest absolute Gasteiger partial charge is 0.507 e. The first-order valence-corrected chi connectivity index (χ1v) is 10.4. The summed E-state index contributed by atoms with van der Waals surface area (Å²) in [7, 11) is 0. The van der Waals surface area contributed by atoms with E-state index in [-0.39, 0.29) is 5.75 Å². The van der Waals surface area contributed by atoms with Crippen molar-refractivity contribution in [3.63, 3.8) is 0 Å². The lowest BCUT2D eigenvalue weighted by Crippen LogP contribution is -2.09. The minimum Gasteiger partial charge on any atom is -0.507 e. The molecule has 1 fully saturated rings. The number of phenolic OH excluding ortho intramolecular Hbond substituents is 1. The fraction of sp³-hybridized carbons (Fsp3) is 0.208. The Labute approximate surface area is 184 Å². The molecule has 1 saturated carbocycles. The summed E-state index contributed by atoms with van der Waals surface area (Å²) in [6.45, 7) is -0.465. The summed E-state index contributed by atoms with van der Waals surface area (Å²) in [5.74, 6) is 0.0872. The molecule has 154 valence electrons. The van der Waals surface area contributed by atoms with Crippen molar-refractivity contribution in [2.75, 3.05) is 6.61 Å². The number of rotatable bonds is 7. The maximum absolute atomic E-state index is 10.7. The van der Waals surface area contributed by atoms with E-state index in [1.807, 2.05) is 24.3 Å². The van der Waals surface area contributed by atoms with Crippen molar-refractivity contribution in [1.82, 2.24) is 0 Å². The van der Waals surface area contributed by atoms with E-state index in [2.05, 4.69) is 12.1 Å². The second kappa shape index (κ2) is 8.58. The van der Waals surface area contributed by atoms with Crippen molar-refractivity contribution in [2.45, 2.75) is 25.2 Å². The third kappa shape index (κ3) is 4.72. The number of carboxylic acid groups (broad SMARTS) is 1. The molecule has 0 aliphatic heterocycles. The van der Waals surface area contributed by atoms with E-state index in [1.54, 1.807) is 18.2 Å². The Morgan fingerprint density at radius 2 is 1.77 bits per heavy atom. The van der Waals surface area contributed by atoms with Crippen LogP contribution >= 0.6 is 23.2 Å². The number of hydrogen-bond acceptors (Lipinski definition) is 3. The van der Waals surface area contributed by atoms with Crippen molar-refractivity contribution >= 4 is 29.2 Å². The van der Waals surface area contributed by atoms with E-state index in [1.165, 1.54) is 18.4 Å². The summed E-state index contributed by atoms with van der Waals surface area (Å²) in [6.07, 6.45) is 2.91. The summed E-state index contributed by atoms with van der Waals surface area (Å²) in [5, 5.41) is 20.0. The van der Waals surface area contributed by atoms with Gasteiger partial charge in [-0.2, -0.15) is 0 Å². The first-order valence-electron chi connectivity index (χ1n) is 9.65. The van der Waals surface area contributed by atoms with Crippen molar-refractivity contribution < 1.29 is 19.7 Å². The molecule has 0 spiro atoms. The van der Waals surface area contributed by atoms with Crippen LogP contribution < -0.4 is 4.74 Å². The molecule has 3 aromatic carbocycles. The van der Waals surface area contributed by atoms with Crippen LogP contribution in [-0.4, -0.2) is 22.8 Å². The molecule has 4 nitrogen and oxygen atoms in total. The van der Waals surface area contributed by atoms with Gasteiger partial charge < -0.3 is 14.9 Å². The number of hydrogen-bond donors (Lipinski definition) is 2. The molecule has 1 aliphatic carbocycles. The molecule has 3 aromatic rings. The van der Waals surface area contributed by atoms with Gasteiger partial charge in [0.15, 0.2) is 6.61 Å². The molecule has 0 atom stereocenters. The molecule has 4 rings (SSSR count). The highest BCUT2D eigenvalue weighted by molar-refractivity contribution is 6.36. The third-order valence-corrected chi connectivity index (χ3v) is 5.84. The number of benzene rings is 3. The van der Waals surface area contributed by atoms with Gasteiger partial charge in [0, 0.05) is 22.0 Å². The molecule has 0 bridgehead atoms. The van der Waals surface area contributed by atoms with Gasteiger partial charge in [-0.15, -0.1) is 0 Å². The van der Waals surface area contributed by atoms with Crippen molar-refractivity contribution in [1.29, 1.82) is 0 Å². The Balaban J connectivity index is 1.61. The fourth-order valence-corrected chi connectivity index (χ4v) is 4.08. The molecule has 0 unspecified atom stereocenters. The van der Waals surface area contributed by atoms with E-state index in [0.29, 0.717) is 33.7 Å². The normalized spacial score (nSPS) is 13.3. The molecule has 6 heteroatoms. The summed E-state index contributed by atoms with van der Waals surface area (Å²) >= 11 is 12.8. The zero-order valence-electron chi connectivity index (χ0n) is 16.1. The van der Waals surface area contributed by atoms with Crippen LogP contribution in [0.5, 0.6) is 11.5 Å². The number of aromatic hydroxyl groups is 1. The second-order valence-corrected chi connectivity index (χ2v) is 8.29. The van der Waals surface area contributed by atoms with Gasteiger partial charge in [0.1, 0.15) is 11.5 Å². The maximum Gasteiger partial charge on any atom is 0.341 e. The Hall–Kier alpha value is -2.69. The molecule has 30 heavy (non-hydrogen) atoms. The van der Waals surface area contributed by atoms with Crippen LogP contribution in [0.4, 0.5) is 0 Å². The summed E-state index contributed by atoms with van der Waals surface area (Å²) in [4.78, 5) is 10.7. The Bertz CT molecular complexity index is 1080. The molecule has 1 aliphatic rings. The number of carboxylic acids is 1. The highest BCUT2D eigenvalue weighted by Crippen LogP contribution is 2.42. The lowest BCUT2D eigenvalue weighted by Gasteiger charge is -2.13. The molecule has 0 radical (unpaired) electrons. The molecule has 0 amide bonds. The molecule has 0 aromatic heterocycles. The Kier molecular flexibility index (Phi) is 5.89. The number of carbonyl (C=O) groups is 1. The highest BCUT2D eigenvalue weighted by atomic mass is 35.5. The number of ether oxygens (including phenoxy) is 1. The first kappa shape index (κ1) is 20.6. The van der Waals surface area contributed by atoms with E-state index in [4.69, 9.17) is 33.0 Å². The second-order valence-electron chi connectivity index (χ2n) is 7.48. The molecule has 0 heterocycles. The van der Waals surface area contributed by atoms with Crippen LogP contribution in [0, 0.1) is 0 Å². The monoisotopic (exact) mass is 442 g/mol. The minimum atomic E-state index is -1.08. The van der Waals surface area contributed by atoms with Gasteiger partial charge in [-0.25, -0.2) is 4.79 Å². The topological polar surface area (TPSA) is 66.8 Å². The van der Waals surface area contributed by atoms with Crippen molar-refractivity contribution in [3.05, 3.63) is 81.3 Å². The molecular weight excluding hydrogens is 423 g/mol. The lowest BCUT2D eigenvalue weighted by molar-refractivity contribution is -0.139. The fourth-order valence-electron chi connectivity index (χ4n) is 3.48. The average molecular weight is 443 g/mol. The molecular formula is C24H20Cl2O4. The number of halogens is 2. The molecule has 0 saturated heterocycles. The van der Waals surface area contributed by atoms with Gasteiger partial charge in [-0.1, -0.05) is 53.5 Å². The maximum atomic E-state index is 10.7. The van der Waals surface area contributed by atoms with Gasteiger partial charge >= 0.3 is 5.97 Å². The number of phenols is 1. The SMILES string of the molecule is O=C(O)COc1cc(Cl)c(Cc2ccc(O)c(-c3cccc(C4CC4)c3)c2)c(Cl)c1. The van der Waals surface area contributed by atoms with Crippen molar-refractivity contribution in [2.24, 2.45) is 0 Å². The van der Waals surface area contributed by atoms with Gasteiger partial charge in [-0.3, -0.25) is 0 Å². The third-order valence-electron chi connectivity index (χ3n) is 5.17. The quantitative estimate of drug-likeness (QED) is 0.450. The zero-order chi connectivity index (χ0) is 21.3. The van der Waals surface area contributed by atoms with E-state index in [0.717, 1.165) is 16.7 Å². The van der Waals surface area contributed by atoms with Crippen LogP contribution in [0.2, 0.25) is 10.0 Å². The summed E-state index contributed by atoms with van der Waals surface area (Å²) < 4.78 is 5.16. The summed E-state index contributed by atoms with van der Waals surface area (Å²) in [5.41, 5.74) is 4.71. The van der Waals surface area contributed by atoms with Crippen molar-refractivity contribution in [3.8, 4) is 22.6 Å². The lowest BCUT2D eigenvalue weighted by atomic mass is 9.96. The smallest absolute Gasteiger partial charge is 0.341 e. The summed E-state index contributed by atoms with van der Waals surface area (Å²) in [6, 6.07) is 16.9. The van der Waals surface area contributed by atoms with Gasteiger partial charge in [0.05, 0.1) is 0 Å². The van der Waals surface area contributed by atoms with E-state index in [9.17, 15) is 9.90 Å². The Morgan fingerprint density at radius 3 is 2.43 bits per heavy atom. The van der Waals surface area contributed by atoms with Crippen LogP contribution in [-0.2, 0) is 11.2 Å². The van der Waals surface area contributed by atoms with E-state index >= 15 is 0 Å². The number of aliphatic carboxylic acids is 1. The van der Waals surface area contributed by atoms with Gasteiger partial charge in [0.25, 0.3) is 0 Å². The minimum absolute atomic E-state index is 0.223. The average Bonchev–Trinajstić information content (AvgIpc) is 3.56. The highest BCUT2D eigenvalue weighted by Gasteiger charge is 2.23. The Morgan fingerprint density at radius 1 is 1.03 bits per heavy atom. The van der Waals surface area contributed by atoms with Crippen LogP contribution in [0.1, 0.15) is 35.4 Å². The zero-order valence-corrected chi connectivity index (χ0v) is 17.6. The van der Waals surface area contributed by atoms with Crippen LogP contribution in [0.25, 0.3) is 11.1 Å². The van der Waals surface area contributed by atoms with E-state index < -0.39 is 12.6 Å². The first-order chi connectivity index (χ1) is 14.4.